The molecule has 0 aliphatic carbocycles. The lowest BCUT2D eigenvalue weighted by Gasteiger charge is -2.18. The molecule has 0 radical (unpaired) electrons. The van der Waals surface area contributed by atoms with Crippen molar-refractivity contribution in [3.05, 3.63) is 42.0 Å². The molecule has 18 heavy (non-hydrogen) atoms. The molecule has 0 saturated carbocycles. The first-order valence-electron chi connectivity index (χ1n) is 6.66. The molecule has 0 aromatic heterocycles. The molecule has 94 valence electrons. The van der Waals surface area contributed by atoms with E-state index >= 15 is 0 Å². The van der Waals surface area contributed by atoms with E-state index in [-0.39, 0.29) is 6.10 Å². The minimum atomic E-state index is 0.192. The number of hydrogen-bond acceptors (Lipinski definition) is 2. The monoisotopic (exact) mass is 242 g/mol. The fourth-order valence-corrected chi connectivity index (χ4v) is 2.69. The van der Waals surface area contributed by atoms with E-state index in [2.05, 4.69) is 36.4 Å². The second-order valence-corrected chi connectivity index (χ2v) is 4.63. The summed E-state index contributed by atoms with van der Waals surface area (Å²) in [5, 5.41) is 2.52. The molecule has 0 N–H and O–H groups in total. The van der Waals surface area contributed by atoms with Crippen LogP contribution in [0.4, 0.5) is 0 Å². The first-order chi connectivity index (χ1) is 8.90. The van der Waals surface area contributed by atoms with Gasteiger partial charge in [0.15, 0.2) is 0 Å². The van der Waals surface area contributed by atoms with E-state index in [0.717, 1.165) is 25.2 Å². The van der Waals surface area contributed by atoms with Crippen LogP contribution in [0.1, 0.15) is 31.4 Å². The average molecular weight is 242 g/mol. The van der Waals surface area contributed by atoms with Crippen LogP contribution >= 0.6 is 0 Å². The summed E-state index contributed by atoms with van der Waals surface area (Å²) in [4.78, 5) is 0. The van der Waals surface area contributed by atoms with Crippen molar-refractivity contribution in [3.8, 4) is 5.75 Å². The zero-order valence-corrected chi connectivity index (χ0v) is 10.7. The fourth-order valence-electron chi connectivity index (χ4n) is 2.69. The number of ether oxygens (including phenoxy) is 2. The van der Waals surface area contributed by atoms with Crippen LogP contribution in [0.5, 0.6) is 5.75 Å². The minimum Gasteiger partial charge on any atom is -0.493 e. The highest BCUT2D eigenvalue weighted by atomic mass is 16.5. The number of benzene rings is 2. The lowest BCUT2D eigenvalue weighted by atomic mass is 9.97. The maximum Gasteiger partial charge on any atom is 0.125 e. The van der Waals surface area contributed by atoms with Crippen LogP contribution in [0.15, 0.2) is 36.4 Å². The van der Waals surface area contributed by atoms with Crippen LogP contribution in [-0.4, -0.2) is 13.2 Å². The van der Waals surface area contributed by atoms with Gasteiger partial charge in [-0.3, -0.25) is 0 Å². The number of fused-ring (bicyclic) bond motifs is 1. The number of rotatable bonds is 3. The summed E-state index contributed by atoms with van der Waals surface area (Å²) in [6.45, 7) is 3.58. The normalized spacial score (nSPS) is 19.3. The Kier molecular flexibility index (Phi) is 3.20. The minimum absolute atomic E-state index is 0.192. The second kappa shape index (κ2) is 4.99. The molecule has 2 aromatic rings. The van der Waals surface area contributed by atoms with E-state index in [1.54, 1.807) is 0 Å². The Morgan fingerprint density at radius 1 is 1.22 bits per heavy atom. The third-order valence-corrected chi connectivity index (χ3v) is 3.48. The summed E-state index contributed by atoms with van der Waals surface area (Å²) in [6.07, 6.45) is 2.42. The quantitative estimate of drug-likeness (QED) is 0.807. The molecule has 1 saturated heterocycles. The summed E-state index contributed by atoms with van der Waals surface area (Å²) in [7, 11) is 0. The molecule has 2 nitrogen and oxygen atoms in total. The van der Waals surface area contributed by atoms with Gasteiger partial charge < -0.3 is 9.47 Å². The van der Waals surface area contributed by atoms with Gasteiger partial charge in [0.1, 0.15) is 5.75 Å². The van der Waals surface area contributed by atoms with Gasteiger partial charge in [-0.2, -0.15) is 0 Å². The molecule has 1 unspecified atom stereocenters. The molecule has 1 aliphatic rings. The maximum absolute atomic E-state index is 5.85. The molecular weight excluding hydrogens is 224 g/mol. The van der Waals surface area contributed by atoms with Gasteiger partial charge in [-0.15, -0.1) is 0 Å². The third kappa shape index (κ3) is 1.97. The van der Waals surface area contributed by atoms with Crippen molar-refractivity contribution in [1.82, 2.24) is 0 Å². The highest BCUT2D eigenvalue weighted by Gasteiger charge is 2.23. The molecule has 1 aliphatic heterocycles. The van der Waals surface area contributed by atoms with Gasteiger partial charge in [0.05, 0.1) is 12.7 Å². The molecule has 0 bridgehead atoms. The topological polar surface area (TPSA) is 18.5 Å². The summed E-state index contributed by atoms with van der Waals surface area (Å²) in [6, 6.07) is 12.7. The molecule has 1 atom stereocenters. The SMILES string of the molecule is CCOc1ccc2ccccc2c1C1CCCO1. The van der Waals surface area contributed by atoms with Crippen molar-refractivity contribution in [1.29, 1.82) is 0 Å². The van der Waals surface area contributed by atoms with Gasteiger partial charge >= 0.3 is 0 Å². The van der Waals surface area contributed by atoms with Gasteiger partial charge in [-0.1, -0.05) is 30.3 Å². The van der Waals surface area contributed by atoms with E-state index in [9.17, 15) is 0 Å². The van der Waals surface area contributed by atoms with Gasteiger partial charge in [-0.25, -0.2) is 0 Å². The average Bonchev–Trinajstić information content (AvgIpc) is 2.92. The van der Waals surface area contributed by atoms with Crippen molar-refractivity contribution in [2.75, 3.05) is 13.2 Å². The highest BCUT2D eigenvalue weighted by Crippen LogP contribution is 2.39. The van der Waals surface area contributed by atoms with Crippen LogP contribution in [0.3, 0.4) is 0 Å². The Morgan fingerprint density at radius 2 is 2.11 bits per heavy atom. The highest BCUT2D eigenvalue weighted by molar-refractivity contribution is 5.88. The Bertz CT molecular complexity index is 542. The largest absolute Gasteiger partial charge is 0.493 e. The molecular formula is C16H18O2. The zero-order valence-electron chi connectivity index (χ0n) is 10.7. The Labute approximate surface area is 108 Å². The molecule has 1 heterocycles. The predicted molar refractivity (Wildman–Crippen MR) is 73.0 cm³/mol. The molecule has 0 amide bonds. The van der Waals surface area contributed by atoms with E-state index < -0.39 is 0 Å². The van der Waals surface area contributed by atoms with Crippen molar-refractivity contribution < 1.29 is 9.47 Å². The summed E-state index contributed by atoms with van der Waals surface area (Å²) >= 11 is 0. The first-order valence-corrected chi connectivity index (χ1v) is 6.66. The summed E-state index contributed by atoms with van der Waals surface area (Å²) < 4.78 is 11.6. The Balaban J connectivity index is 2.17. The van der Waals surface area contributed by atoms with E-state index in [4.69, 9.17) is 9.47 Å². The number of hydrogen-bond donors (Lipinski definition) is 0. The molecule has 2 heteroatoms. The van der Waals surface area contributed by atoms with Crippen LogP contribution in [-0.2, 0) is 4.74 Å². The predicted octanol–water partition coefficient (Wildman–Crippen LogP) is 4.09. The summed E-state index contributed by atoms with van der Waals surface area (Å²) in [5.74, 6) is 0.975. The zero-order chi connectivity index (χ0) is 12.4. The van der Waals surface area contributed by atoms with E-state index in [1.165, 1.54) is 16.3 Å². The molecule has 0 spiro atoms. The van der Waals surface area contributed by atoms with Gasteiger partial charge in [0.2, 0.25) is 0 Å². The van der Waals surface area contributed by atoms with Gasteiger partial charge in [-0.05, 0) is 36.6 Å². The molecule has 2 aromatic carbocycles. The summed E-state index contributed by atoms with van der Waals surface area (Å²) in [5.41, 5.74) is 1.23. The smallest absolute Gasteiger partial charge is 0.125 e. The van der Waals surface area contributed by atoms with Crippen molar-refractivity contribution in [3.63, 3.8) is 0 Å². The lowest BCUT2D eigenvalue weighted by Crippen LogP contribution is -2.03. The first kappa shape index (κ1) is 11.5. The van der Waals surface area contributed by atoms with Gasteiger partial charge in [0.25, 0.3) is 0 Å². The van der Waals surface area contributed by atoms with E-state index in [0.29, 0.717) is 6.61 Å². The second-order valence-electron chi connectivity index (χ2n) is 4.63. The molecule has 1 fully saturated rings. The van der Waals surface area contributed by atoms with Crippen LogP contribution in [0, 0.1) is 0 Å². The Morgan fingerprint density at radius 3 is 2.89 bits per heavy atom. The fraction of sp³-hybridized carbons (Fsp3) is 0.375. The Hall–Kier alpha value is -1.54. The van der Waals surface area contributed by atoms with Crippen molar-refractivity contribution in [2.24, 2.45) is 0 Å². The lowest BCUT2D eigenvalue weighted by molar-refractivity contribution is 0.110. The molecule has 3 rings (SSSR count). The van der Waals surface area contributed by atoms with Crippen LogP contribution < -0.4 is 4.74 Å². The van der Waals surface area contributed by atoms with Crippen LogP contribution in [0.25, 0.3) is 10.8 Å². The maximum atomic E-state index is 5.85. The standard InChI is InChI=1S/C16H18O2/c1-2-17-15-10-9-12-6-3-4-7-13(12)16(15)14-8-5-11-18-14/h3-4,6-7,9-10,14H,2,5,8,11H2,1H3. The van der Waals surface area contributed by atoms with Crippen molar-refractivity contribution in [2.45, 2.75) is 25.9 Å². The van der Waals surface area contributed by atoms with Crippen LogP contribution in [0.2, 0.25) is 0 Å². The van der Waals surface area contributed by atoms with E-state index in [1.807, 2.05) is 6.92 Å². The van der Waals surface area contributed by atoms with Crippen molar-refractivity contribution >= 4 is 10.8 Å². The third-order valence-electron chi connectivity index (χ3n) is 3.48. The van der Waals surface area contributed by atoms with Gasteiger partial charge in [0, 0.05) is 12.2 Å².